The van der Waals surface area contributed by atoms with Crippen molar-refractivity contribution in [2.24, 2.45) is 0 Å². The summed E-state index contributed by atoms with van der Waals surface area (Å²) in [7, 11) is 1.71. The molecule has 0 spiro atoms. The summed E-state index contributed by atoms with van der Waals surface area (Å²) in [6, 6.07) is 0. The smallest absolute Gasteiger partial charge is 0.254 e. The van der Waals surface area contributed by atoms with Crippen molar-refractivity contribution in [1.29, 1.82) is 0 Å². The van der Waals surface area contributed by atoms with Crippen molar-refractivity contribution in [3.63, 3.8) is 0 Å². The van der Waals surface area contributed by atoms with Crippen molar-refractivity contribution >= 4 is 11.8 Å². The van der Waals surface area contributed by atoms with E-state index in [2.05, 4.69) is 5.48 Å². The lowest BCUT2D eigenvalue weighted by Gasteiger charge is -2.10. The highest BCUT2D eigenvalue weighted by molar-refractivity contribution is 5.83. The Bertz CT molecular complexity index is 205. The molecule has 5 nitrogen and oxygen atoms in total. The summed E-state index contributed by atoms with van der Waals surface area (Å²) < 4.78 is 0. The molecule has 0 saturated carbocycles. The number of nitrogens with one attached hydrogen (secondary N) is 1. The summed E-state index contributed by atoms with van der Waals surface area (Å²) in [6.07, 6.45) is 0.134. The Morgan fingerprint density at radius 3 is 2.83 bits per heavy atom. The Hall–Kier alpha value is -1.10. The fraction of sp³-hybridized carbons (Fsp3) is 0.714. The average molecular weight is 172 g/mol. The molecule has 1 saturated heterocycles. The molecule has 1 N–H and O–H groups in total. The Balaban J connectivity index is 2.34. The SMILES string of the molecule is CC(=O)NOC1CCN(C)C1=O. The molecule has 1 atom stereocenters. The molecule has 0 aromatic heterocycles. The van der Waals surface area contributed by atoms with Gasteiger partial charge < -0.3 is 4.90 Å². The van der Waals surface area contributed by atoms with E-state index in [1.165, 1.54) is 6.92 Å². The second-order valence-electron chi connectivity index (χ2n) is 2.81. The summed E-state index contributed by atoms with van der Waals surface area (Å²) in [4.78, 5) is 28.0. The third-order valence-corrected chi connectivity index (χ3v) is 1.72. The lowest BCUT2D eigenvalue weighted by Crippen LogP contribution is -2.33. The van der Waals surface area contributed by atoms with Gasteiger partial charge in [-0.15, -0.1) is 0 Å². The number of carbonyl (C=O) groups is 2. The van der Waals surface area contributed by atoms with E-state index in [0.29, 0.717) is 13.0 Å². The van der Waals surface area contributed by atoms with Crippen LogP contribution < -0.4 is 5.48 Å². The van der Waals surface area contributed by atoms with E-state index in [1.807, 2.05) is 0 Å². The molecule has 1 fully saturated rings. The number of hydroxylamine groups is 1. The summed E-state index contributed by atoms with van der Waals surface area (Å²) in [6.45, 7) is 2.02. The molecule has 1 aliphatic rings. The first-order chi connectivity index (χ1) is 5.61. The van der Waals surface area contributed by atoms with E-state index in [0.717, 1.165) is 0 Å². The minimum absolute atomic E-state index is 0.0799. The van der Waals surface area contributed by atoms with E-state index >= 15 is 0 Å². The molecular formula is C7H12N2O3. The van der Waals surface area contributed by atoms with Crippen molar-refractivity contribution in [1.82, 2.24) is 10.4 Å². The summed E-state index contributed by atoms with van der Waals surface area (Å²) in [5.74, 6) is -0.374. The van der Waals surface area contributed by atoms with Crippen molar-refractivity contribution in [2.75, 3.05) is 13.6 Å². The minimum atomic E-state index is -0.501. The zero-order chi connectivity index (χ0) is 9.14. The Kier molecular flexibility index (Phi) is 2.65. The first-order valence-corrected chi connectivity index (χ1v) is 3.78. The van der Waals surface area contributed by atoms with Crippen LogP contribution in [0.1, 0.15) is 13.3 Å². The normalized spacial score (nSPS) is 23.0. The fourth-order valence-corrected chi connectivity index (χ4v) is 1.05. The van der Waals surface area contributed by atoms with Crippen molar-refractivity contribution in [3.8, 4) is 0 Å². The molecule has 0 bridgehead atoms. The summed E-state index contributed by atoms with van der Waals surface area (Å²) in [5, 5.41) is 0. The molecule has 1 aliphatic heterocycles. The van der Waals surface area contributed by atoms with Gasteiger partial charge in [0, 0.05) is 26.9 Å². The number of amides is 2. The summed E-state index contributed by atoms with van der Waals surface area (Å²) >= 11 is 0. The first-order valence-electron chi connectivity index (χ1n) is 3.78. The highest BCUT2D eigenvalue weighted by Gasteiger charge is 2.30. The quantitative estimate of drug-likeness (QED) is 0.559. The van der Waals surface area contributed by atoms with Crippen LogP contribution >= 0.6 is 0 Å². The number of rotatable bonds is 2. The van der Waals surface area contributed by atoms with Crippen molar-refractivity contribution in [3.05, 3.63) is 0 Å². The maximum absolute atomic E-state index is 11.2. The molecular weight excluding hydrogens is 160 g/mol. The largest absolute Gasteiger partial charge is 0.343 e. The van der Waals surface area contributed by atoms with Gasteiger partial charge in [-0.2, -0.15) is 0 Å². The predicted molar refractivity (Wildman–Crippen MR) is 40.9 cm³/mol. The van der Waals surface area contributed by atoms with Crippen molar-refractivity contribution in [2.45, 2.75) is 19.4 Å². The van der Waals surface area contributed by atoms with Crippen LogP contribution in [-0.4, -0.2) is 36.4 Å². The van der Waals surface area contributed by atoms with Crippen LogP contribution in [0, 0.1) is 0 Å². The minimum Gasteiger partial charge on any atom is -0.343 e. The van der Waals surface area contributed by atoms with Gasteiger partial charge in [-0.25, -0.2) is 5.48 Å². The van der Waals surface area contributed by atoms with Crippen molar-refractivity contribution < 1.29 is 14.4 Å². The number of hydrogen-bond acceptors (Lipinski definition) is 3. The van der Waals surface area contributed by atoms with Gasteiger partial charge in [0.1, 0.15) is 0 Å². The predicted octanol–water partition coefficient (Wildman–Crippen LogP) is -0.715. The molecule has 1 rings (SSSR count). The highest BCUT2D eigenvalue weighted by Crippen LogP contribution is 2.10. The Morgan fingerprint density at radius 1 is 1.75 bits per heavy atom. The second kappa shape index (κ2) is 3.53. The zero-order valence-electron chi connectivity index (χ0n) is 7.16. The van der Waals surface area contributed by atoms with E-state index in [-0.39, 0.29) is 11.8 Å². The number of carbonyl (C=O) groups excluding carboxylic acids is 2. The van der Waals surface area contributed by atoms with Gasteiger partial charge in [0.25, 0.3) is 5.91 Å². The van der Waals surface area contributed by atoms with Gasteiger partial charge in [-0.05, 0) is 0 Å². The van der Waals surface area contributed by atoms with Crippen LogP contribution in [0.15, 0.2) is 0 Å². The molecule has 2 amide bonds. The van der Waals surface area contributed by atoms with Crippen LogP contribution in [0.2, 0.25) is 0 Å². The molecule has 0 aromatic carbocycles. The van der Waals surface area contributed by atoms with Crippen LogP contribution in [0.3, 0.4) is 0 Å². The average Bonchev–Trinajstić information content (AvgIpc) is 2.30. The third kappa shape index (κ3) is 1.94. The molecule has 12 heavy (non-hydrogen) atoms. The van der Waals surface area contributed by atoms with Gasteiger partial charge >= 0.3 is 0 Å². The fourth-order valence-electron chi connectivity index (χ4n) is 1.05. The molecule has 0 aliphatic carbocycles. The van der Waals surface area contributed by atoms with Crippen LogP contribution in [0.25, 0.3) is 0 Å². The molecule has 0 radical (unpaired) electrons. The lowest BCUT2D eigenvalue weighted by atomic mass is 10.3. The Labute approximate surface area is 70.6 Å². The molecule has 1 heterocycles. The number of likely N-dealkylation sites (tertiary alicyclic amines) is 1. The van der Waals surface area contributed by atoms with Gasteiger partial charge in [0.05, 0.1) is 0 Å². The summed E-state index contributed by atoms with van der Waals surface area (Å²) in [5.41, 5.74) is 2.15. The van der Waals surface area contributed by atoms with E-state index < -0.39 is 6.10 Å². The van der Waals surface area contributed by atoms with Crippen LogP contribution in [0.4, 0.5) is 0 Å². The van der Waals surface area contributed by atoms with Gasteiger partial charge in [-0.3, -0.25) is 14.4 Å². The monoisotopic (exact) mass is 172 g/mol. The van der Waals surface area contributed by atoms with E-state index in [4.69, 9.17) is 4.84 Å². The van der Waals surface area contributed by atoms with Gasteiger partial charge in [0.2, 0.25) is 5.91 Å². The number of hydrogen-bond donors (Lipinski definition) is 1. The number of nitrogens with zero attached hydrogens (tertiary/aromatic N) is 1. The molecule has 1 unspecified atom stereocenters. The maximum atomic E-state index is 11.2. The second-order valence-corrected chi connectivity index (χ2v) is 2.81. The van der Waals surface area contributed by atoms with E-state index in [9.17, 15) is 9.59 Å². The zero-order valence-corrected chi connectivity index (χ0v) is 7.16. The van der Waals surface area contributed by atoms with Crippen LogP contribution in [-0.2, 0) is 14.4 Å². The highest BCUT2D eigenvalue weighted by atomic mass is 16.7. The first kappa shape index (κ1) is 8.99. The number of likely N-dealkylation sites (N-methyl/N-ethyl adjacent to an activating group) is 1. The van der Waals surface area contributed by atoms with Gasteiger partial charge in [-0.1, -0.05) is 0 Å². The maximum Gasteiger partial charge on any atom is 0.254 e. The molecule has 0 aromatic rings. The third-order valence-electron chi connectivity index (χ3n) is 1.72. The van der Waals surface area contributed by atoms with E-state index in [1.54, 1.807) is 11.9 Å². The Morgan fingerprint density at radius 2 is 2.42 bits per heavy atom. The lowest BCUT2D eigenvalue weighted by molar-refractivity contribution is -0.147. The molecule has 68 valence electrons. The standard InChI is InChI=1S/C7H12N2O3/c1-5(10)8-12-6-3-4-9(2)7(6)11/h6H,3-4H2,1-2H3,(H,8,10). The molecule has 5 heteroatoms. The van der Waals surface area contributed by atoms with Gasteiger partial charge in [0.15, 0.2) is 6.10 Å². The van der Waals surface area contributed by atoms with Crippen LogP contribution in [0.5, 0.6) is 0 Å². The topological polar surface area (TPSA) is 58.6 Å².